The minimum Gasteiger partial charge on any atom is -0.473 e. The summed E-state index contributed by atoms with van der Waals surface area (Å²) in [6, 6.07) is 24.9. The van der Waals surface area contributed by atoms with Gasteiger partial charge in [0.05, 0.1) is 12.8 Å². The predicted octanol–water partition coefficient (Wildman–Crippen LogP) is 4.67. The van der Waals surface area contributed by atoms with E-state index in [1.807, 2.05) is 66.7 Å². The summed E-state index contributed by atoms with van der Waals surface area (Å²) < 4.78 is 16.6. The smallest absolute Gasteiger partial charge is 0.358 e. The van der Waals surface area contributed by atoms with E-state index >= 15 is 0 Å². The van der Waals surface area contributed by atoms with Gasteiger partial charge in [-0.15, -0.1) is 0 Å². The van der Waals surface area contributed by atoms with Gasteiger partial charge in [-0.2, -0.15) is 4.98 Å². The third-order valence-corrected chi connectivity index (χ3v) is 4.89. The molecule has 0 saturated heterocycles. The number of carbonyl (C=O) groups excluding carboxylic acids is 1. The van der Waals surface area contributed by atoms with Crippen LogP contribution in [0.3, 0.4) is 0 Å². The molecular weight excluding hydrogens is 418 g/mol. The average molecular weight is 441 g/mol. The Kier molecular flexibility index (Phi) is 6.80. The summed E-state index contributed by atoms with van der Waals surface area (Å²) in [5, 5.41) is 0. The molecule has 2 heterocycles. The number of benzene rings is 2. The first-order chi connectivity index (χ1) is 16.1. The monoisotopic (exact) mass is 441 g/mol. The SMILES string of the molecule is COC(=O)c1ncc(-c2ccc(OCc3ccccc3)nc2OCc2ccccc2)cc1N. The molecular formula is C26H23N3O4. The number of anilines is 1. The Morgan fingerprint density at radius 2 is 1.52 bits per heavy atom. The van der Waals surface area contributed by atoms with E-state index in [1.54, 1.807) is 18.3 Å². The van der Waals surface area contributed by atoms with E-state index < -0.39 is 5.97 Å². The van der Waals surface area contributed by atoms with Crippen LogP contribution in [0.2, 0.25) is 0 Å². The normalized spacial score (nSPS) is 10.5. The molecule has 0 unspecified atom stereocenters. The fourth-order valence-electron chi connectivity index (χ4n) is 3.19. The van der Waals surface area contributed by atoms with Crippen LogP contribution in [0, 0.1) is 0 Å². The maximum Gasteiger partial charge on any atom is 0.358 e. The number of aromatic nitrogens is 2. The fraction of sp³-hybridized carbons (Fsp3) is 0.115. The molecule has 0 aliphatic heterocycles. The molecule has 0 atom stereocenters. The van der Waals surface area contributed by atoms with Crippen LogP contribution in [0.25, 0.3) is 11.1 Å². The molecule has 4 aromatic rings. The van der Waals surface area contributed by atoms with Crippen LogP contribution in [0.1, 0.15) is 21.6 Å². The Hall–Kier alpha value is -4.39. The van der Waals surface area contributed by atoms with Gasteiger partial charge in [0.15, 0.2) is 5.69 Å². The number of hydrogen-bond donors (Lipinski definition) is 1. The van der Waals surface area contributed by atoms with E-state index in [4.69, 9.17) is 19.9 Å². The molecule has 4 rings (SSSR count). The first-order valence-electron chi connectivity index (χ1n) is 10.3. The van der Waals surface area contributed by atoms with Crippen molar-refractivity contribution in [1.29, 1.82) is 0 Å². The minimum absolute atomic E-state index is 0.0591. The van der Waals surface area contributed by atoms with Crippen molar-refractivity contribution in [2.45, 2.75) is 13.2 Å². The fourth-order valence-corrected chi connectivity index (χ4v) is 3.19. The Bertz CT molecular complexity index is 1230. The number of hydrogen-bond acceptors (Lipinski definition) is 7. The quantitative estimate of drug-likeness (QED) is 0.397. The van der Waals surface area contributed by atoms with Gasteiger partial charge in [0, 0.05) is 23.4 Å². The number of esters is 1. The highest BCUT2D eigenvalue weighted by Gasteiger charge is 2.16. The summed E-state index contributed by atoms with van der Waals surface area (Å²) in [5.41, 5.74) is 9.67. The van der Waals surface area contributed by atoms with E-state index in [9.17, 15) is 4.79 Å². The number of pyridine rings is 2. The Balaban J connectivity index is 1.63. The molecule has 0 spiro atoms. The maximum atomic E-state index is 11.8. The van der Waals surface area contributed by atoms with Crippen LogP contribution < -0.4 is 15.2 Å². The van der Waals surface area contributed by atoms with Crippen LogP contribution in [0.15, 0.2) is 85.1 Å². The van der Waals surface area contributed by atoms with E-state index in [0.717, 1.165) is 11.1 Å². The standard InChI is InChI=1S/C26H23N3O4/c1-31-26(30)24-22(27)14-20(15-28-24)21-12-13-23(32-16-18-8-4-2-5-9-18)29-25(21)33-17-19-10-6-3-7-11-19/h2-15H,16-17,27H2,1H3. The van der Waals surface area contributed by atoms with E-state index in [0.29, 0.717) is 36.1 Å². The van der Waals surface area contributed by atoms with Crippen molar-refractivity contribution in [3.63, 3.8) is 0 Å². The number of ether oxygens (including phenoxy) is 3. The van der Waals surface area contributed by atoms with Crippen molar-refractivity contribution < 1.29 is 19.0 Å². The average Bonchev–Trinajstić information content (AvgIpc) is 2.87. The molecule has 166 valence electrons. The lowest BCUT2D eigenvalue weighted by Crippen LogP contribution is -2.08. The van der Waals surface area contributed by atoms with Crippen molar-refractivity contribution in [2.24, 2.45) is 0 Å². The second kappa shape index (κ2) is 10.3. The van der Waals surface area contributed by atoms with Crippen LogP contribution in [-0.2, 0) is 18.0 Å². The van der Waals surface area contributed by atoms with Crippen LogP contribution in [-0.4, -0.2) is 23.0 Å². The molecule has 2 N–H and O–H groups in total. The summed E-state index contributed by atoms with van der Waals surface area (Å²) in [6.07, 6.45) is 1.54. The minimum atomic E-state index is -0.595. The number of rotatable bonds is 8. The van der Waals surface area contributed by atoms with Crippen LogP contribution in [0.4, 0.5) is 5.69 Å². The van der Waals surface area contributed by atoms with Gasteiger partial charge in [-0.1, -0.05) is 60.7 Å². The van der Waals surface area contributed by atoms with Crippen molar-refractivity contribution in [2.75, 3.05) is 12.8 Å². The van der Waals surface area contributed by atoms with Gasteiger partial charge >= 0.3 is 5.97 Å². The van der Waals surface area contributed by atoms with E-state index in [-0.39, 0.29) is 11.4 Å². The highest BCUT2D eigenvalue weighted by molar-refractivity contribution is 5.93. The molecule has 0 aliphatic carbocycles. The predicted molar refractivity (Wildman–Crippen MR) is 125 cm³/mol. The summed E-state index contributed by atoms with van der Waals surface area (Å²) in [7, 11) is 1.28. The van der Waals surface area contributed by atoms with Crippen molar-refractivity contribution in [3.8, 4) is 22.9 Å². The zero-order chi connectivity index (χ0) is 23.0. The maximum absolute atomic E-state index is 11.8. The Morgan fingerprint density at radius 1 is 0.879 bits per heavy atom. The molecule has 0 saturated carbocycles. The molecule has 7 heteroatoms. The molecule has 0 bridgehead atoms. The lowest BCUT2D eigenvalue weighted by atomic mass is 10.1. The molecule has 33 heavy (non-hydrogen) atoms. The topological polar surface area (TPSA) is 96.6 Å². The van der Waals surface area contributed by atoms with E-state index in [1.165, 1.54) is 7.11 Å². The first kappa shape index (κ1) is 21.8. The summed E-state index contributed by atoms with van der Waals surface area (Å²) >= 11 is 0. The highest BCUT2D eigenvalue weighted by Crippen LogP contribution is 2.32. The van der Waals surface area contributed by atoms with Gasteiger partial charge in [-0.25, -0.2) is 9.78 Å². The molecule has 2 aromatic carbocycles. The molecule has 0 amide bonds. The van der Waals surface area contributed by atoms with Gasteiger partial charge in [-0.3, -0.25) is 0 Å². The van der Waals surface area contributed by atoms with E-state index in [2.05, 4.69) is 9.97 Å². The third-order valence-electron chi connectivity index (χ3n) is 4.89. The van der Waals surface area contributed by atoms with Gasteiger partial charge < -0.3 is 19.9 Å². The summed E-state index contributed by atoms with van der Waals surface area (Å²) in [4.78, 5) is 20.6. The number of carbonyl (C=O) groups is 1. The van der Waals surface area contributed by atoms with Crippen molar-refractivity contribution in [3.05, 3.63) is 102 Å². The second-order valence-corrected chi connectivity index (χ2v) is 7.20. The third kappa shape index (κ3) is 5.46. The molecule has 0 fully saturated rings. The van der Waals surface area contributed by atoms with Crippen molar-refractivity contribution >= 4 is 11.7 Å². The lowest BCUT2D eigenvalue weighted by molar-refractivity contribution is 0.0595. The molecule has 0 radical (unpaired) electrons. The largest absolute Gasteiger partial charge is 0.473 e. The number of methoxy groups -OCH3 is 1. The van der Waals surface area contributed by atoms with Crippen LogP contribution >= 0.6 is 0 Å². The Labute approximate surface area is 191 Å². The highest BCUT2D eigenvalue weighted by atomic mass is 16.5. The van der Waals surface area contributed by atoms with Gasteiger partial charge in [0.1, 0.15) is 13.2 Å². The lowest BCUT2D eigenvalue weighted by Gasteiger charge is -2.14. The van der Waals surface area contributed by atoms with Crippen molar-refractivity contribution in [1.82, 2.24) is 9.97 Å². The second-order valence-electron chi connectivity index (χ2n) is 7.20. The number of nitrogens with zero attached hydrogens (tertiary/aromatic N) is 2. The van der Waals surface area contributed by atoms with Crippen LogP contribution in [0.5, 0.6) is 11.8 Å². The number of nitrogens with two attached hydrogens (primary N) is 1. The van der Waals surface area contributed by atoms with Gasteiger partial charge in [0.2, 0.25) is 11.8 Å². The zero-order valence-corrected chi connectivity index (χ0v) is 18.1. The zero-order valence-electron chi connectivity index (χ0n) is 18.1. The summed E-state index contributed by atoms with van der Waals surface area (Å²) in [6.45, 7) is 0.708. The summed E-state index contributed by atoms with van der Waals surface area (Å²) in [5.74, 6) is 0.205. The Morgan fingerprint density at radius 3 is 2.12 bits per heavy atom. The first-order valence-corrected chi connectivity index (χ1v) is 10.3. The van der Waals surface area contributed by atoms with Gasteiger partial charge in [0.25, 0.3) is 0 Å². The molecule has 7 nitrogen and oxygen atoms in total. The molecule has 2 aromatic heterocycles. The number of nitrogen functional groups attached to an aromatic ring is 1. The van der Waals surface area contributed by atoms with Gasteiger partial charge in [-0.05, 0) is 23.3 Å². The molecule has 0 aliphatic rings.